The van der Waals surface area contributed by atoms with Crippen molar-refractivity contribution in [3.63, 3.8) is 0 Å². The molecule has 2 aromatic rings. The Morgan fingerprint density at radius 3 is 2.92 bits per heavy atom. The molecule has 5 nitrogen and oxygen atoms in total. The molecule has 0 radical (unpaired) electrons. The van der Waals surface area contributed by atoms with Crippen LogP contribution >= 0.6 is 0 Å². The Morgan fingerprint density at radius 2 is 2.31 bits per heavy atom. The van der Waals surface area contributed by atoms with E-state index in [4.69, 9.17) is 5.73 Å². The molecule has 0 saturated heterocycles. The average Bonchev–Trinajstić information content (AvgIpc) is 2.53. The van der Waals surface area contributed by atoms with Crippen LogP contribution in [0.3, 0.4) is 0 Å². The maximum absolute atomic E-state index is 5.40. The van der Waals surface area contributed by atoms with Crippen LogP contribution in [0.5, 0.6) is 0 Å². The van der Waals surface area contributed by atoms with Gasteiger partial charge in [0.15, 0.2) is 5.82 Å². The van der Waals surface area contributed by atoms with Gasteiger partial charge in [0.25, 0.3) is 0 Å². The number of H-pyrrole nitrogens is 1. The van der Waals surface area contributed by atoms with E-state index in [2.05, 4.69) is 20.2 Å². The molecule has 0 aliphatic carbocycles. The van der Waals surface area contributed by atoms with Crippen LogP contribution in [0.15, 0.2) is 18.5 Å². The van der Waals surface area contributed by atoms with E-state index < -0.39 is 0 Å². The second-order valence-electron chi connectivity index (χ2n) is 2.73. The van der Waals surface area contributed by atoms with Crippen LogP contribution in [0.1, 0.15) is 5.56 Å². The molecule has 5 heteroatoms. The molecule has 0 aromatic carbocycles. The Morgan fingerprint density at radius 1 is 1.46 bits per heavy atom. The van der Waals surface area contributed by atoms with Crippen LogP contribution in [0.2, 0.25) is 0 Å². The summed E-state index contributed by atoms with van der Waals surface area (Å²) >= 11 is 0. The molecule has 2 aromatic heterocycles. The minimum atomic E-state index is 0.256. The number of nitrogens with two attached hydrogens (primary N) is 1. The zero-order valence-corrected chi connectivity index (χ0v) is 7.15. The normalized spacial score (nSPS) is 10.2. The maximum Gasteiger partial charge on any atom is 0.239 e. The van der Waals surface area contributed by atoms with Gasteiger partial charge in [0.2, 0.25) is 5.95 Å². The highest BCUT2D eigenvalue weighted by Gasteiger charge is 2.05. The highest BCUT2D eigenvalue weighted by Crippen LogP contribution is 2.17. The lowest BCUT2D eigenvalue weighted by molar-refractivity contribution is 1.10. The number of pyridine rings is 1. The first-order chi connectivity index (χ1) is 6.27. The van der Waals surface area contributed by atoms with Crippen molar-refractivity contribution >= 4 is 5.95 Å². The van der Waals surface area contributed by atoms with Crippen LogP contribution in [-0.2, 0) is 0 Å². The number of aromatic amines is 1. The summed E-state index contributed by atoms with van der Waals surface area (Å²) in [7, 11) is 0. The summed E-state index contributed by atoms with van der Waals surface area (Å²) in [6, 6.07) is 1.87. The number of nitrogens with zero attached hydrogens (tertiary/aromatic N) is 3. The molecular weight excluding hydrogens is 166 g/mol. The van der Waals surface area contributed by atoms with Gasteiger partial charge < -0.3 is 5.73 Å². The van der Waals surface area contributed by atoms with Gasteiger partial charge in [0.05, 0.1) is 0 Å². The number of hydrogen-bond donors (Lipinski definition) is 2. The largest absolute Gasteiger partial charge is 0.366 e. The molecule has 2 heterocycles. The maximum atomic E-state index is 5.40. The molecule has 0 fully saturated rings. The Kier molecular flexibility index (Phi) is 1.70. The minimum Gasteiger partial charge on any atom is -0.366 e. The van der Waals surface area contributed by atoms with Crippen molar-refractivity contribution in [2.45, 2.75) is 6.92 Å². The lowest BCUT2D eigenvalue weighted by atomic mass is 10.1. The molecule has 0 aliphatic heterocycles. The molecular formula is C8H9N5. The van der Waals surface area contributed by atoms with Gasteiger partial charge >= 0.3 is 0 Å². The summed E-state index contributed by atoms with van der Waals surface area (Å²) in [5.74, 6) is 0.934. The van der Waals surface area contributed by atoms with Crippen LogP contribution in [-0.4, -0.2) is 20.2 Å². The third kappa shape index (κ3) is 1.35. The highest BCUT2D eigenvalue weighted by atomic mass is 15.3. The van der Waals surface area contributed by atoms with Crippen molar-refractivity contribution in [1.29, 1.82) is 0 Å². The fourth-order valence-corrected chi connectivity index (χ4v) is 1.13. The van der Waals surface area contributed by atoms with Gasteiger partial charge in [-0.05, 0) is 18.6 Å². The lowest BCUT2D eigenvalue weighted by Crippen LogP contribution is -1.87. The van der Waals surface area contributed by atoms with Gasteiger partial charge in [-0.15, -0.1) is 5.10 Å². The van der Waals surface area contributed by atoms with Crippen molar-refractivity contribution in [3.8, 4) is 11.4 Å². The van der Waals surface area contributed by atoms with Crippen molar-refractivity contribution in [2.24, 2.45) is 0 Å². The summed E-state index contributed by atoms with van der Waals surface area (Å²) in [5.41, 5.74) is 7.41. The average molecular weight is 175 g/mol. The van der Waals surface area contributed by atoms with Gasteiger partial charge in [0.1, 0.15) is 0 Å². The Balaban J connectivity index is 2.52. The topological polar surface area (TPSA) is 80.5 Å². The van der Waals surface area contributed by atoms with E-state index in [1.165, 1.54) is 0 Å². The summed E-state index contributed by atoms with van der Waals surface area (Å²) in [4.78, 5) is 8.01. The molecule has 0 amide bonds. The zero-order valence-electron chi connectivity index (χ0n) is 7.15. The van der Waals surface area contributed by atoms with E-state index in [9.17, 15) is 0 Å². The van der Waals surface area contributed by atoms with Crippen molar-refractivity contribution in [1.82, 2.24) is 20.2 Å². The summed E-state index contributed by atoms with van der Waals surface area (Å²) in [5, 5.41) is 6.50. The number of nitrogens with one attached hydrogen (secondary N) is 1. The van der Waals surface area contributed by atoms with Gasteiger partial charge in [-0.25, -0.2) is 0 Å². The number of nitrogen functional groups attached to an aromatic ring is 1. The van der Waals surface area contributed by atoms with E-state index in [1.54, 1.807) is 12.4 Å². The number of anilines is 1. The predicted octanol–water partition coefficient (Wildman–Crippen LogP) is 0.757. The molecule has 3 N–H and O–H groups in total. The first kappa shape index (κ1) is 7.72. The smallest absolute Gasteiger partial charge is 0.239 e. The lowest BCUT2D eigenvalue weighted by Gasteiger charge is -1.98. The molecule has 66 valence electrons. The van der Waals surface area contributed by atoms with Gasteiger partial charge in [-0.1, -0.05) is 0 Å². The fourth-order valence-electron chi connectivity index (χ4n) is 1.13. The van der Waals surface area contributed by atoms with Crippen LogP contribution in [0.25, 0.3) is 11.4 Å². The molecule has 2 rings (SSSR count). The Hall–Kier alpha value is -1.91. The third-order valence-corrected chi connectivity index (χ3v) is 1.78. The van der Waals surface area contributed by atoms with E-state index >= 15 is 0 Å². The molecule has 0 aliphatic rings. The molecule has 0 unspecified atom stereocenters. The van der Waals surface area contributed by atoms with Crippen LogP contribution in [0.4, 0.5) is 5.95 Å². The Bertz CT molecular complexity index is 420. The Labute approximate surface area is 75.0 Å². The first-order valence-electron chi connectivity index (χ1n) is 3.86. The molecule has 0 saturated carbocycles. The molecule has 0 spiro atoms. The number of aryl methyl sites for hydroxylation is 1. The van der Waals surface area contributed by atoms with Gasteiger partial charge in [0, 0.05) is 18.0 Å². The number of hydrogen-bond acceptors (Lipinski definition) is 4. The molecule has 13 heavy (non-hydrogen) atoms. The second-order valence-corrected chi connectivity index (χ2v) is 2.73. The van der Waals surface area contributed by atoms with Gasteiger partial charge in [-0.2, -0.15) is 4.98 Å². The van der Waals surface area contributed by atoms with E-state index in [-0.39, 0.29) is 5.95 Å². The molecule has 0 atom stereocenters. The minimum absolute atomic E-state index is 0.256. The number of aromatic nitrogens is 4. The monoisotopic (exact) mass is 175 g/mol. The highest BCUT2D eigenvalue weighted by molar-refractivity contribution is 5.59. The number of rotatable bonds is 1. The van der Waals surface area contributed by atoms with Crippen molar-refractivity contribution in [2.75, 3.05) is 5.73 Å². The predicted molar refractivity (Wildman–Crippen MR) is 48.8 cm³/mol. The van der Waals surface area contributed by atoms with E-state index in [0.717, 1.165) is 11.1 Å². The SMILES string of the molecule is Cc1cnccc1-c1nc(N)n[nH]1. The third-order valence-electron chi connectivity index (χ3n) is 1.78. The molecule has 0 bridgehead atoms. The summed E-state index contributed by atoms with van der Waals surface area (Å²) < 4.78 is 0. The quantitative estimate of drug-likeness (QED) is 0.670. The van der Waals surface area contributed by atoms with E-state index in [0.29, 0.717) is 5.82 Å². The summed E-state index contributed by atoms with van der Waals surface area (Å²) in [6.45, 7) is 1.96. The zero-order chi connectivity index (χ0) is 9.26. The standard InChI is InChI=1S/C8H9N5/c1-5-4-10-3-2-6(5)7-11-8(9)13-12-7/h2-4H,1H3,(H3,9,11,12,13). The van der Waals surface area contributed by atoms with Gasteiger partial charge in [-0.3, -0.25) is 10.1 Å². The fraction of sp³-hybridized carbons (Fsp3) is 0.125. The first-order valence-corrected chi connectivity index (χ1v) is 3.86. The van der Waals surface area contributed by atoms with Crippen LogP contribution in [0, 0.1) is 6.92 Å². The second kappa shape index (κ2) is 2.85. The van der Waals surface area contributed by atoms with Crippen molar-refractivity contribution in [3.05, 3.63) is 24.0 Å². The van der Waals surface area contributed by atoms with Crippen LogP contribution < -0.4 is 5.73 Å². The van der Waals surface area contributed by atoms with Crippen molar-refractivity contribution < 1.29 is 0 Å². The summed E-state index contributed by atoms with van der Waals surface area (Å²) in [6.07, 6.45) is 3.48. The van der Waals surface area contributed by atoms with E-state index in [1.807, 2.05) is 13.0 Å².